The van der Waals surface area contributed by atoms with Gasteiger partial charge in [0.2, 0.25) is 5.95 Å². The van der Waals surface area contributed by atoms with Gasteiger partial charge in [-0.1, -0.05) is 0 Å². The summed E-state index contributed by atoms with van der Waals surface area (Å²) in [5.74, 6) is -0.0750. The van der Waals surface area contributed by atoms with Crippen LogP contribution < -0.4 is 15.2 Å². The summed E-state index contributed by atoms with van der Waals surface area (Å²) in [6, 6.07) is 1.30. The summed E-state index contributed by atoms with van der Waals surface area (Å²) in [6.07, 6.45) is 0. The molecular weight excluding hydrogens is 395 g/mol. The number of ether oxygens (including phenoxy) is 1. The lowest BCUT2D eigenvalue weighted by Gasteiger charge is -2.29. The molecule has 0 aliphatic carbocycles. The Morgan fingerprint density at radius 2 is 1.93 bits per heavy atom. The predicted octanol–water partition coefficient (Wildman–Crippen LogP) is 2.33. The lowest BCUT2D eigenvalue weighted by atomic mass is 10.0. The largest absolute Gasteiger partial charge is 0.378 e. The number of nitrogens with one attached hydrogen (secondary N) is 1. The van der Waals surface area contributed by atoms with Gasteiger partial charge in [-0.3, -0.25) is 9.36 Å². The van der Waals surface area contributed by atoms with Crippen LogP contribution in [0.1, 0.15) is 44.9 Å². The van der Waals surface area contributed by atoms with Gasteiger partial charge in [0, 0.05) is 26.2 Å². The van der Waals surface area contributed by atoms with Gasteiger partial charge >= 0.3 is 0 Å². The van der Waals surface area contributed by atoms with Crippen LogP contribution in [0.25, 0.3) is 10.9 Å². The number of rotatable bonds is 4. The molecule has 3 rings (SSSR count). The molecule has 7 nitrogen and oxygen atoms in total. The second-order valence-electron chi connectivity index (χ2n) is 8.42. The number of aromatic nitrogens is 2. The van der Waals surface area contributed by atoms with E-state index in [1.54, 1.807) is 20.0 Å². The minimum atomic E-state index is -1.32. The number of aryl methyl sites for hydroxylation is 1. The zero-order valence-corrected chi connectivity index (χ0v) is 18.7. The summed E-state index contributed by atoms with van der Waals surface area (Å²) in [6.45, 7) is 11.4. The normalized spacial score (nSPS) is 17.6. The van der Waals surface area contributed by atoms with Gasteiger partial charge in [0.1, 0.15) is 11.2 Å². The molecule has 1 aromatic carbocycles. The number of nitrogens with zero attached hydrogens (tertiary/aromatic N) is 3. The second kappa shape index (κ2) is 8.12. The first-order chi connectivity index (χ1) is 13.5. The van der Waals surface area contributed by atoms with Crippen LogP contribution in [0, 0.1) is 12.7 Å². The number of hydrogen-bond acceptors (Lipinski definition) is 5. The van der Waals surface area contributed by atoms with Gasteiger partial charge in [0.05, 0.1) is 34.5 Å². The molecule has 160 valence electrons. The first-order valence-corrected chi connectivity index (χ1v) is 10.9. The molecule has 2 aromatic rings. The SMILES string of the molecule is Cc1cc([C@@H](C)N[S@](=O)C(C)(C)C)c2nc(N3CCOCC3)n(C)c(=O)c2c1F. The van der Waals surface area contributed by atoms with Crippen molar-refractivity contribution in [3.8, 4) is 0 Å². The van der Waals surface area contributed by atoms with Gasteiger partial charge in [-0.2, -0.15) is 0 Å². The lowest BCUT2D eigenvalue weighted by Crippen LogP contribution is -2.40. The van der Waals surface area contributed by atoms with E-state index in [9.17, 15) is 13.4 Å². The smallest absolute Gasteiger partial charge is 0.265 e. The number of fused-ring (bicyclic) bond motifs is 1. The minimum absolute atomic E-state index is 0.0327. The molecule has 0 amide bonds. The van der Waals surface area contributed by atoms with Crippen molar-refractivity contribution in [2.75, 3.05) is 31.2 Å². The molecule has 1 aliphatic rings. The van der Waals surface area contributed by atoms with E-state index in [-0.39, 0.29) is 11.4 Å². The molecule has 0 spiro atoms. The Bertz CT molecular complexity index is 1010. The molecular formula is C20H29FN4O3S. The maximum Gasteiger partial charge on any atom is 0.265 e. The summed E-state index contributed by atoms with van der Waals surface area (Å²) in [4.78, 5) is 19.7. The third kappa shape index (κ3) is 4.22. The third-order valence-electron chi connectivity index (χ3n) is 5.08. The van der Waals surface area contributed by atoms with Crippen LogP contribution in [-0.4, -0.2) is 44.8 Å². The van der Waals surface area contributed by atoms with Gasteiger partial charge in [-0.05, 0) is 51.8 Å². The molecule has 1 fully saturated rings. The van der Waals surface area contributed by atoms with Crippen molar-refractivity contribution in [2.45, 2.75) is 45.4 Å². The molecule has 1 saturated heterocycles. The maximum atomic E-state index is 14.9. The standard InChI is InChI=1S/C20H29FN4O3S/c1-12-11-14(13(2)23-29(27)20(3,4)5)17-15(16(12)21)18(26)24(6)19(22-17)25-7-9-28-10-8-25/h11,13,23H,7-10H2,1-6H3/t13-,29-/m1/s1. The summed E-state index contributed by atoms with van der Waals surface area (Å²) in [7, 11) is 0.285. The summed E-state index contributed by atoms with van der Waals surface area (Å²) in [5, 5.41) is -0.0327. The highest BCUT2D eigenvalue weighted by Gasteiger charge is 2.26. The first kappa shape index (κ1) is 21.9. The molecule has 1 aromatic heterocycles. The van der Waals surface area contributed by atoms with Crippen molar-refractivity contribution in [2.24, 2.45) is 7.05 Å². The van der Waals surface area contributed by atoms with Gasteiger partial charge in [-0.15, -0.1) is 0 Å². The maximum absolute atomic E-state index is 14.9. The average molecular weight is 425 g/mol. The van der Waals surface area contributed by atoms with Crippen LogP contribution in [0.5, 0.6) is 0 Å². The zero-order chi connectivity index (χ0) is 21.5. The highest BCUT2D eigenvalue weighted by atomic mass is 32.2. The lowest BCUT2D eigenvalue weighted by molar-refractivity contribution is 0.121. The highest BCUT2D eigenvalue weighted by Crippen LogP contribution is 2.28. The van der Waals surface area contributed by atoms with Gasteiger partial charge in [0.25, 0.3) is 5.56 Å². The molecule has 1 N–H and O–H groups in total. The van der Waals surface area contributed by atoms with Crippen molar-refractivity contribution < 1.29 is 13.3 Å². The van der Waals surface area contributed by atoms with Crippen molar-refractivity contribution in [1.82, 2.24) is 14.3 Å². The Morgan fingerprint density at radius 3 is 2.52 bits per heavy atom. The summed E-state index contributed by atoms with van der Waals surface area (Å²) in [5.41, 5.74) is 0.899. The fourth-order valence-electron chi connectivity index (χ4n) is 3.34. The van der Waals surface area contributed by atoms with Crippen LogP contribution in [0.3, 0.4) is 0 Å². The summed E-state index contributed by atoms with van der Waals surface area (Å²) >= 11 is 0. The van der Waals surface area contributed by atoms with Crippen molar-refractivity contribution in [3.05, 3.63) is 33.4 Å². The molecule has 2 heterocycles. The number of hydrogen-bond donors (Lipinski definition) is 1. The molecule has 0 radical (unpaired) electrons. The topological polar surface area (TPSA) is 76.5 Å². The number of benzene rings is 1. The van der Waals surface area contributed by atoms with Crippen LogP contribution in [0.2, 0.25) is 0 Å². The van der Waals surface area contributed by atoms with Crippen LogP contribution in [0.4, 0.5) is 10.3 Å². The first-order valence-electron chi connectivity index (χ1n) is 9.73. The molecule has 0 unspecified atom stereocenters. The van der Waals surface area contributed by atoms with Crippen molar-refractivity contribution in [3.63, 3.8) is 0 Å². The molecule has 0 saturated carbocycles. The fraction of sp³-hybridized carbons (Fsp3) is 0.600. The fourth-order valence-corrected chi connectivity index (χ4v) is 4.14. The van der Waals surface area contributed by atoms with E-state index in [1.165, 1.54) is 4.57 Å². The van der Waals surface area contributed by atoms with Gasteiger partial charge < -0.3 is 9.64 Å². The van der Waals surface area contributed by atoms with E-state index < -0.39 is 27.1 Å². The Morgan fingerprint density at radius 1 is 1.31 bits per heavy atom. The van der Waals surface area contributed by atoms with Gasteiger partial charge in [0.15, 0.2) is 0 Å². The molecule has 29 heavy (non-hydrogen) atoms. The number of morpholine rings is 1. The molecule has 1 aliphatic heterocycles. The monoisotopic (exact) mass is 424 g/mol. The van der Waals surface area contributed by atoms with E-state index in [4.69, 9.17) is 9.72 Å². The van der Waals surface area contributed by atoms with E-state index in [0.717, 1.165) is 0 Å². The van der Waals surface area contributed by atoms with E-state index in [2.05, 4.69) is 4.72 Å². The Labute approximate surface area is 172 Å². The van der Waals surface area contributed by atoms with E-state index in [0.29, 0.717) is 48.9 Å². The number of anilines is 1. The zero-order valence-electron chi connectivity index (χ0n) is 17.8. The predicted molar refractivity (Wildman–Crippen MR) is 114 cm³/mol. The van der Waals surface area contributed by atoms with Gasteiger partial charge in [-0.25, -0.2) is 18.3 Å². The molecule has 0 bridgehead atoms. The molecule has 9 heteroatoms. The Balaban J connectivity index is 2.19. The van der Waals surface area contributed by atoms with Crippen molar-refractivity contribution >= 4 is 27.8 Å². The summed E-state index contributed by atoms with van der Waals surface area (Å²) < 4.78 is 36.9. The van der Waals surface area contributed by atoms with E-state index >= 15 is 0 Å². The van der Waals surface area contributed by atoms with Crippen LogP contribution in [0.15, 0.2) is 10.9 Å². The molecule has 2 atom stereocenters. The average Bonchev–Trinajstić information content (AvgIpc) is 2.66. The second-order valence-corrected chi connectivity index (χ2v) is 10.4. The van der Waals surface area contributed by atoms with E-state index in [1.807, 2.05) is 32.6 Å². The van der Waals surface area contributed by atoms with Crippen LogP contribution >= 0.6 is 0 Å². The highest BCUT2D eigenvalue weighted by molar-refractivity contribution is 7.84. The number of halogens is 1. The Kier molecular flexibility index (Phi) is 6.12. The van der Waals surface area contributed by atoms with Crippen LogP contribution in [-0.2, 0) is 22.8 Å². The van der Waals surface area contributed by atoms with Crippen molar-refractivity contribution in [1.29, 1.82) is 0 Å². The minimum Gasteiger partial charge on any atom is -0.378 e. The Hall–Kier alpha value is -1.84. The third-order valence-corrected chi connectivity index (χ3v) is 6.76. The quantitative estimate of drug-likeness (QED) is 0.815.